The van der Waals surface area contributed by atoms with Crippen LogP contribution in [-0.4, -0.2) is 12.5 Å². The Kier molecular flexibility index (Phi) is 3.13. The molecular formula is C6H13NS. The molecule has 0 rings (SSSR count). The van der Waals surface area contributed by atoms with Crippen LogP contribution in [0.5, 0.6) is 0 Å². The number of nitrogens with zero attached hydrogens (tertiary/aromatic N) is 1. The Morgan fingerprint density at radius 2 is 1.88 bits per heavy atom. The molecule has 8 heavy (non-hydrogen) atoms. The molecule has 0 fully saturated rings. The molecular weight excluding hydrogens is 118 g/mol. The van der Waals surface area contributed by atoms with Crippen molar-refractivity contribution in [3.05, 3.63) is 0 Å². The zero-order chi connectivity index (χ0) is 6.62. The van der Waals surface area contributed by atoms with Crippen molar-refractivity contribution in [2.24, 2.45) is 9.81 Å². The molecule has 0 saturated carbocycles. The minimum Gasteiger partial charge on any atom is -0.229 e. The molecule has 0 aromatic rings. The van der Waals surface area contributed by atoms with Gasteiger partial charge in [0.25, 0.3) is 0 Å². The molecule has 0 atom stereocenters. The highest BCUT2D eigenvalue weighted by Gasteiger charge is 2.03. The van der Waals surface area contributed by atoms with Crippen LogP contribution in [0.4, 0.5) is 0 Å². The minimum atomic E-state index is 0.239. The topological polar surface area (TPSA) is 12.4 Å². The summed E-state index contributed by atoms with van der Waals surface area (Å²) in [6.07, 6.45) is 3.92. The van der Waals surface area contributed by atoms with Crippen LogP contribution in [0.25, 0.3) is 0 Å². The van der Waals surface area contributed by atoms with Crippen LogP contribution in [0.3, 0.4) is 0 Å². The van der Waals surface area contributed by atoms with Gasteiger partial charge in [-0.15, -0.1) is 0 Å². The first kappa shape index (κ1) is 8.02. The summed E-state index contributed by atoms with van der Waals surface area (Å²) in [5, 5.41) is 0. The van der Waals surface area contributed by atoms with Gasteiger partial charge in [-0.25, -0.2) is 4.40 Å². The van der Waals surface area contributed by atoms with E-state index in [0.29, 0.717) is 0 Å². The molecule has 1 nitrogen and oxygen atoms in total. The fourth-order valence-corrected chi connectivity index (χ4v) is 0.632. The lowest BCUT2D eigenvalue weighted by molar-refractivity contribution is 0.608. The Balaban J connectivity index is 3.52. The highest BCUT2D eigenvalue weighted by molar-refractivity contribution is 7.97. The van der Waals surface area contributed by atoms with E-state index in [1.54, 1.807) is 0 Å². The molecule has 0 saturated heterocycles. The van der Waals surface area contributed by atoms with Crippen LogP contribution in [0.1, 0.15) is 20.8 Å². The molecule has 0 aliphatic carbocycles. The fraction of sp³-hybridized carbons (Fsp3) is 0.833. The lowest BCUT2D eigenvalue weighted by Crippen LogP contribution is -2.04. The molecule has 0 amide bonds. The van der Waals surface area contributed by atoms with Crippen molar-refractivity contribution in [2.75, 3.05) is 6.26 Å². The molecule has 0 radical (unpaired) electrons. The van der Waals surface area contributed by atoms with E-state index in [4.69, 9.17) is 0 Å². The maximum Gasteiger partial charge on any atom is 0.0179 e. The van der Waals surface area contributed by atoms with Crippen molar-refractivity contribution >= 4 is 18.2 Å². The van der Waals surface area contributed by atoms with Crippen LogP contribution in [0, 0.1) is 5.41 Å². The van der Waals surface area contributed by atoms with E-state index in [2.05, 4.69) is 25.2 Å². The molecule has 0 spiro atoms. The Bertz CT molecular complexity index is 81.0. The third-order valence-corrected chi connectivity index (χ3v) is 0.862. The van der Waals surface area contributed by atoms with E-state index in [-0.39, 0.29) is 5.41 Å². The summed E-state index contributed by atoms with van der Waals surface area (Å²) in [5.41, 5.74) is 0.239. The van der Waals surface area contributed by atoms with Gasteiger partial charge in [-0.05, 0) is 17.4 Å². The molecule has 0 unspecified atom stereocenters. The van der Waals surface area contributed by atoms with Gasteiger partial charge in [-0.1, -0.05) is 20.8 Å². The van der Waals surface area contributed by atoms with Crippen LogP contribution < -0.4 is 0 Å². The minimum absolute atomic E-state index is 0.239. The second-order valence-corrected chi connectivity index (χ2v) is 3.36. The van der Waals surface area contributed by atoms with E-state index in [9.17, 15) is 0 Å². The fourth-order valence-electron chi connectivity index (χ4n) is 0.211. The monoisotopic (exact) mass is 131 g/mol. The van der Waals surface area contributed by atoms with E-state index in [1.165, 1.54) is 11.9 Å². The predicted molar refractivity (Wildman–Crippen MR) is 41.5 cm³/mol. The van der Waals surface area contributed by atoms with Gasteiger partial charge in [0, 0.05) is 12.5 Å². The lowest BCUT2D eigenvalue weighted by Gasteiger charge is -2.08. The summed E-state index contributed by atoms with van der Waals surface area (Å²) in [6, 6.07) is 0. The van der Waals surface area contributed by atoms with Crippen molar-refractivity contribution in [3.8, 4) is 0 Å². The van der Waals surface area contributed by atoms with E-state index in [0.717, 1.165) is 0 Å². The average Bonchev–Trinajstić information content (AvgIpc) is 1.59. The first-order valence-corrected chi connectivity index (χ1v) is 3.82. The van der Waals surface area contributed by atoms with Crippen LogP contribution in [0.15, 0.2) is 4.40 Å². The van der Waals surface area contributed by atoms with Crippen molar-refractivity contribution in [2.45, 2.75) is 20.8 Å². The van der Waals surface area contributed by atoms with Gasteiger partial charge in [0.05, 0.1) is 0 Å². The summed E-state index contributed by atoms with van der Waals surface area (Å²) in [7, 11) is 0. The number of hydrogen-bond donors (Lipinski definition) is 0. The maximum absolute atomic E-state index is 4.03. The second kappa shape index (κ2) is 3.13. The van der Waals surface area contributed by atoms with Crippen molar-refractivity contribution in [1.29, 1.82) is 0 Å². The highest BCUT2D eigenvalue weighted by Crippen LogP contribution is 2.09. The molecule has 0 bridgehead atoms. The number of rotatable bonds is 1. The summed E-state index contributed by atoms with van der Waals surface area (Å²) in [4.78, 5) is 0. The quantitative estimate of drug-likeness (QED) is 0.393. The van der Waals surface area contributed by atoms with Gasteiger partial charge in [-0.2, -0.15) is 0 Å². The molecule has 2 heteroatoms. The standard InChI is InChI=1S/C6H13NS/c1-6(2,3)5-7-8-4/h5H,1-4H3. The van der Waals surface area contributed by atoms with Gasteiger partial charge in [0.1, 0.15) is 0 Å². The summed E-state index contributed by atoms with van der Waals surface area (Å²) >= 11 is 1.50. The van der Waals surface area contributed by atoms with E-state index < -0.39 is 0 Å². The van der Waals surface area contributed by atoms with Crippen molar-refractivity contribution in [1.82, 2.24) is 0 Å². The third kappa shape index (κ3) is 6.02. The SMILES string of the molecule is CSN=CC(C)(C)C. The zero-order valence-electron chi connectivity index (χ0n) is 5.93. The summed E-state index contributed by atoms with van der Waals surface area (Å²) < 4.78 is 4.03. The van der Waals surface area contributed by atoms with Gasteiger partial charge in [0.15, 0.2) is 0 Å². The Labute approximate surface area is 55.7 Å². The van der Waals surface area contributed by atoms with E-state index in [1.807, 2.05) is 12.5 Å². The molecule has 0 heterocycles. The highest BCUT2D eigenvalue weighted by atomic mass is 32.2. The maximum atomic E-state index is 4.03. The van der Waals surface area contributed by atoms with Crippen LogP contribution in [-0.2, 0) is 0 Å². The first-order valence-electron chi connectivity index (χ1n) is 2.64. The molecule has 0 aliphatic heterocycles. The Morgan fingerprint density at radius 3 is 2.00 bits per heavy atom. The summed E-state index contributed by atoms with van der Waals surface area (Å²) in [5.74, 6) is 0. The van der Waals surface area contributed by atoms with Crippen molar-refractivity contribution < 1.29 is 0 Å². The zero-order valence-corrected chi connectivity index (χ0v) is 6.75. The van der Waals surface area contributed by atoms with Gasteiger partial charge < -0.3 is 0 Å². The molecule has 48 valence electrons. The molecule has 0 aromatic heterocycles. The Morgan fingerprint density at radius 1 is 1.38 bits per heavy atom. The summed E-state index contributed by atoms with van der Waals surface area (Å²) in [6.45, 7) is 6.40. The lowest BCUT2D eigenvalue weighted by atomic mass is 10.00. The molecule has 0 N–H and O–H groups in total. The smallest absolute Gasteiger partial charge is 0.0179 e. The normalized spacial score (nSPS) is 13.0. The molecule has 0 aromatic carbocycles. The molecule has 0 aliphatic rings. The van der Waals surface area contributed by atoms with E-state index >= 15 is 0 Å². The van der Waals surface area contributed by atoms with Gasteiger partial charge >= 0.3 is 0 Å². The van der Waals surface area contributed by atoms with Crippen LogP contribution >= 0.6 is 11.9 Å². The third-order valence-electron chi connectivity index (χ3n) is 0.545. The van der Waals surface area contributed by atoms with Crippen molar-refractivity contribution in [3.63, 3.8) is 0 Å². The first-order chi connectivity index (χ1) is 3.56. The predicted octanol–water partition coefficient (Wildman–Crippen LogP) is 2.38. The van der Waals surface area contributed by atoms with Gasteiger partial charge in [0.2, 0.25) is 0 Å². The second-order valence-electron chi connectivity index (χ2n) is 2.78. The van der Waals surface area contributed by atoms with Gasteiger partial charge in [-0.3, -0.25) is 0 Å². The Hall–Kier alpha value is 0.0200. The average molecular weight is 131 g/mol. The number of hydrogen-bond acceptors (Lipinski definition) is 2. The van der Waals surface area contributed by atoms with Crippen LogP contribution in [0.2, 0.25) is 0 Å². The largest absolute Gasteiger partial charge is 0.229 e.